The van der Waals surface area contributed by atoms with Gasteiger partial charge in [0, 0.05) is 18.4 Å². The summed E-state index contributed by atoms with van der Waals surface area (Å²) in [5.74, 6) is 0.195. The Morgan fingerprint density at radius 1 is 0.830 bits per heavy atom. The van der Waals surface area contributed by atoms with Crippen LogP contribution in [0.4, 0.5) is 5.13 Å². The Hall–Kier alpha value is -5.19. The molecule has 0 radical (unpaired) electrons. The second-order valence-electron chi connectivity index (χ2n) is 12.1. The molecule has 2 N–H and O–H groups in total. The molecule has 1 atom stereocenters. The number of nitrogens with two attached hydrogens (primary N) is 1. The van der Waals surface area contributed by atoms with Crippen LogP contribution in [-0.2, 0) is 30.5 Å². The summed E-state index contributed by atoms with van der Waals surface area (Å²) in [5.41, 5.74) is 7.02. The normalized spacial score (nSPS) is 13.3. The molecular formula is C37H38N4O9S3. The molecule has 1 aliphatic carbocycles. The van der Waals surface area contributed by atoms with Gasteiger partial charge >= 0.3 is 11.9 Å². The highest BCUT2D eigenvalue weighted by Crippen LogP contribution is 2.36. The van der Waals surface area contributed by atoms with Crippen LogP contribution in [0.5, 0.6) is 21.6 Å². The molecule has 0 bridgehead atoms. The molecule has 3 aromatic heterocycles. The van der Waals surface area contributed by atoms with Gasteiger partial charge in [-0.1, -0.05) is 66.6 Å². The number of ether oxygens (including phenoxy) is 4. The lowest BCUT2D eigenvalue weighted by Crippen LogP contribution is -2.18. The highest BCUT2D eigenvalue weighted by molar-refractivity contribution is 7.90. The summed E-state index contributed by atoms with van der Waals surface area (Å²) in [7, 11) is -0.679. The lowest BCUT2D eigenvalue weighted by molar-refractivity contribution is -0.120. The molecule has 3 heterocycles. The fourth-order valence-electron chi connectivity index (χ4n) is 5.73. The third kappa shape index (κ3) is 11.2. The van der Waals surface area contributed by atoms with E-state index in [2.05, 4.69) is 19.7 Å². The highest BCUT2D eigenvalue weighted by Gasteiger charge is 2.28. The van der Waals surface area contributed by atoms with Crippen LogP contribution in [0.1, 0.15) is 69.3 Å². The molecule has 1 fully saturated rings. The molecule has 0 aliphatic heterocycles. The number of Topliss-reactive ketones (excluding diaryl/α,β-unsaturated/α-hetero) is 1. The number of carbonyl (C=O) groups is 3. The van der Waals surface area contributed by atoms with Crippen molar-refractivity contribution in [1.29, 1.82) is 0 Å². The van der Waals surface area contributed by atoms with Crippen LogP contribution < -0.4 is 15.2 Å². The number of nitrogens with zero attached hydrogens (tertiary/aromatic N) is 3. The molecule has 0 spiro atoms. The van der Waals surface area contributed by atoms with Crippen LogP contribution in [0.15, 0.2) is 84.3 Å². The van der Waals surface area contributed by atoms with E-state index in [9.17, 15) is 22.8 Å². The molecular weight excluding hydrogens is 741 g/mol. The number of ketones is 1. The van der Waals surface area contributed by atoms with Crippen molar-refractivity contribution >= 4 is 55.4 Å². The maximum absolute atomic E-state index is 13.4. The van der Waals surface area contributed by atoms with Crippen LogP contribution in [0, 0.1) is 5.92 Å². The summed E-state index contributed by atoms with van der Waals surface area (Å²) >= 11 is 2.49. The van der Waals surface area contributed by atoms with Crippen LogP contribution in [0.2, 0.25) is 0 Å². The molecule has 2 aromatic carbocycles. The first-order chi connectivity index (χ1) is 25.4. The average Bonchev–Trinajstić information content (AvgIpc) is 3.93. The van der Waals surface area contributed by atoms with Gasteiger partial charge in [0.25, 0.3) is 0 Å². The van der Waals surface area contributed by atoms with E-state index in [-0.39, 0.29) is 28.6 Å². The van der Waals surface area contributed by atoms with Crippen molar-refractivity contribution in [2.45, 2.75) is 49.3 Å². The Morgan fingerprint density at radius 3 is 2.13 bits per heavy atom. The molecule has 16 heteroatoms. The maximum Gasteiger partial charge on any atom is 0.339 e. The second-order valence-corrected chi connectivity index (χ2v) is 16.3. The quantitative estimate of drug-likeness (QED) is 0.117. The van der Waals surface area contributed by atoms with Gasteiger partial charge in [0.2, 0.25) is 10.1 Å². The SMILES string of the molecule is COC(=O)c1cccc(Oc2cnc(N)s2)c1.COC(=O)c1cncc(Oc2cnc(CC(=O)[C@H](CC3CCCC3)c3ccc(S(C)(=O)=O)cc3)s2)c1. The Balaban J connectivity index is 0.000000265. The van der Waals surface area contributed by atoms with Crippen molar-refractivity contribution in [3.63, 3.8) is 0 Å². The lowest BCUT2D eigenvalue weighted by atomic mass is 9.84. The standard InChI is InChI=1S/C26H28N2O6S2.C11H10N2O3S/c1-33-26(30)19-12-20(15-27-14-19)34-25-16-28-24(35-25)13-23(29)22(11-17-5-3-4-6-17)18-7-9-21(10-8-18)36(2,31)32;1-15-10(14)7-3-2-4-8(5-7)16-9-6-13-11(12)17-9/h7-10,12,14-17,22H,3-6,11,13H2,1-2H3;2-6H,1H3,(H2,12,13)/t22-;/m1./s1. The van der Waals surface area contributed by atoms with Gasteiger partial charge in [0.05, 0.1) is 55.3 Å². The van der Waals surface area contributed by atoms with Crippen LogP contribution >= 0.6 is 22.7 Å². The minimum Gasteiger partial charge on any atom is -0.465 e. The lowest BCUT2D eigenvalue weighted by Gasteiger charge is -2.20. The van der Waals surface area contributed by atoms with Gasteiger partial charge in [-0.05, 0) is 54.3 Å². The topological polar surface area (TPSA) is 187 Å². The van der Waals surface area contributed by atoms with E-state index >= 15 is 0 Å². The zero-order valence-electron chi connectivity index (χ0n) is 29.2. The Bertz CT molecular complexity index is 2140. The summed E-state index contributed by atoms with van der Waals surface area (Å²) in [5, 5.41) is 2.11. The first kappa shape index (κ1) is 39.0. The molecule has 1 aliphatic rings. The monoisotopic (exact) mass is 778 g/mol. The third-order valence-electron chi connectivity index (χ3n) is 8.33. The van der Waals surface area contributed by atoms with Crippen molar-refractivity contribution in [3.05, 3.63) is 101 Å². The largest absolute Gasteiger partial charge is 0.465 e. The van der Waals surface area contributed by atoms with Gasteiger partial charge in [0.1, 0.15) is 22.3 Å². The molecule has 278 valence electrons. The molecule has 0 amide bonds. The number of benzene rings is 2. The van der Waals surface area contributed by atoms with Crippen molar-refractivity contribution in [3.8, 4) is 21.6 Å². The zero-order valence-corrected chi connectivity index (χ0v) is 31.7. The number of carbonyl (C=O) groups excluding carboxylic acids is 3. The number of hydrogen-bond donors (Lipinski definition) is 1. The van der Waals surface area contributed by atoms with E-state index in [1.807, 2.05) is 0 Å². The van der Waals surface area contributed by atoms with E-state index in [0.29, 0.717) is 43.2 Å². The van der Waals surface area contributed by atoms with Crippen LogP contribution in [-0.4, -0.2) is 61.6 Å². The van der Waals surface area contributed by atoms with Crippen LogP contribution in [0.25, 0.3) is 0 Å². The van der Waals surface area contributed by atoms with Gasteiger partial charge in [-0.25, -0.2) is 28.0 Å². The maximum atomic E-state index is 13.4. The fraction of sp³-hybridized carbons (Fsp3) is 0.297. The molecule has 53 heavy (non-hydrogen) atoms. The van der Waals surface area contributed by atoms with Crippen LogP contribution in [0.3, 0.4) is 0 Å². The number of hydrogen-bond acceptors (Lipinski definition) is 15. The number of thiazole rings is 2. The summed E-state index contributed by atoms with van der Waals surface area (Å²) in [6.45, 7) is 0. The average molecular weight is 779 g/mol. The first-order valence-electron chi connectivity index (χ1n) is 16.5. The van der Waals surface area contributed by atoms with Gasteiger partial charge in [-0.15, -0.1) is 0 Å². The number of aromatic nitrogens is 3. The number of methoxy groups -OCH3 is 2. The minimum absolute atomic E-state index is 0.0456. The molecule has 1 saturated carbocycles. The molecule has 0 unspecified atom stereocenters. The Morgan fingerprint density at radius 2 is 1.47 bits per heavy atom. The van der Waals surface area contributed by atoms with E-state index in [0.717, 1.165) is 24.8 Å². The molecule has 6 rings (SSSR count). The molecule has 13 nitrogen and oxygen atoms in total. The summed E-state index contributed by atoms with van der Waals surface area (Å²) in [6.07, 6.45) is 12.6. The van der Waals surface area contributed by atoms with E-state index < -0.39 is 21.8 Å². The smallest absolute Gasteiger partial charge is 0.339 e. The van der Waals surface area contributed by atoms with E-state index in [1.165, 1.54) is 80.6 Å². The van der Waals surface area contributed by atoms with E-state index in [1.54, 1.807) is 54.7 Å². The van der Waals surface area contributed by atoms with Crippen molar-refractivity contribution < 1.29 is 41.7 Å². The Kier molecular flexibility index (Phi) is 13.3. The van der Waals surface area contributed by atoms with E-state index in [4.69, 9.17) is 19.9 Å². The number of sulfone groups is 1. The fourth-order valence-corrected chi connectivity index (χ4v) is 7.72. The molecule has 0 saturated heterocycles. The number of nitrogen functional groups attached to an aromatic ring is 1. The summed E-state index contributed by atoms with van der Waals surface area (Å²) in [6, 6.07) is 14.9. The minimum atomic E-state index is -3.31. The van der Waals surface area contributed by atoms with Gasteiger partial charge in [0.15, 0.2) is 15.0 Å². The number of rotatable bonds is 13. The predicted octanol–water partition coefficient (Wildman–Crippen LogP) is 7.30. The summed E-state index contributed by atoms with van der Waals surface area (Å²) < 4.78 is 44.3. The van der Waals surface area contributed by atoms with Gasteiger partial charge in [-0.3, -0.25) is 9.78 Å². The predicted molar refractivity (Wildman–Crippen MR) is 200 cm³/mol. The van der Waals surface area contributed by atoms with Crippen molar-refractivity contribution in [1.82, 2.24) is 15.0 Å². The number of pyridine rings is 1. The van der Waals surface area contributed by atoms with Crippen molar-refractivity contribution in [2.75, 3.05) is 26.2 Å². The van der Waals surface area contributed by atoms with Gasteiger partial charge < -0.3 is 24.7 Å². The number of anilines is 1. The second kappa shape index (κ2) is 18.0. The first-order valence-corrected chi connectivity index (χ1v) is 20.0. The summed E-state index contributed by atoms with van der Waals surface area (Å²) in [4.78, 5) is 49.0. The Labute approximate surface area is 315 Å². The highest BCUT2D eigenvalue weighted by atomic mass is 32.2. The molecule has 5 aromatic rings. The zero-order chi connectivity index (χ0) is 38.0. The third-order valence-corrected chi connectivity index (χ3v) is 11.0. The van der Waals surface area contributed by atoms with Gasteiger partial charge in [-0.2, -0.15) is 0 Å². The number of esters is 2. The van der Waals surface area contributed by atoms with Crippen molar-refractivity contribution in [2.24, 2.45) is 5.92 Å².